The van der Waals surface area contributed by atoms with Crippen molar-refractivity contribution in [2.24, 2.45) is 5.92 Å². The number of hydrogen-bond donors (Lipinski definition) is 2. The summed E-state index contributed by atoms with van der Waals surface area (Å²) >= 11 is 0. The van der Waals surface area contributed by atoms with Crippen LogP contribution < -0.4 is 10.2 Å². The van der Waals surface area contributed by atoms with Gasteiger partial charge >= 0.3 is 0 Å². The minimum Gasteiger partial charge on any atom is -0.370 e. The summed E-state index contributed by atoms with van der Waals surface area (Å²) in [6, 6.07) is 0.109. The van der Waals surface area contributed by atoms with E-state index >= 15 is 0 Å². The smallest absolute Gasteiger partial charge is 0.274 e. The van der Waals surface area contributed by atoms with Crippen LogP contribution in [-0.2, 0) is 9.53 Å². The Hall–Kier alpha value is -2.06. The zero-order chi connectivity index (χ0) is 20.5. The second kappa shape index (κ2) is 11.1. The Labute approximate surface area is 167 Å². The predicted octanol–water partition coefficient (Wildman–Crippen LogP) is -0.307. The van der Waals surface area contributed by atoms with E-state index in [4.69, 9.17) is 4.74 Å². The molecule has 0 unspecified atom stereocenters. The molecule has 2 heterocycles. The summed E-state index contributed by atoms with van der Waals surface area (Å²) in [6.07, 6.45) is 3.38. The number of ether oxygens (including phenoxy) is 1. The van der Waals surface area contributed by atoms with Crippen LogP contribution in [0.4, 0.5) is 0 Å². The maximum absolute atomic E-state index is 12.9. The van der Waals surface area contributed by atoms with Gasteiger partial charge in [0.1, 0.15) is 18.8 Å². The fourth-order valence-electron chi connectivity index (χ4n) is 2.91. The second-order valence-electron chi connectivity index (χ2n) is 7.80. The van der Waals surface area contributed by atoms with Crippen LogP contribution >= 0.6 is 0 Å². The third-order valence-electron chi connectivity index (χ3n) is 5.22. The van der Waals surface area contributed by atoms with Crippen molar-refractivity contribution in [2.75, 3.05) is 45.9 Å². The van der Waals surface area contributed by atoms with E-state index in [0.29, 0.717) is 24.7 Å². The summed E-state index contributed by atoms with van der Waals surface area (Å²) in [5.74, 6) is 0.159. The molecule has 1 aromatic rings. The summed E-state index contributed by atoms with van der Waals surface area (Å²) in [5.41, 5.74) is 1.08. The van der Waals surface area contributed by atoms with E-state index in [-0.39, 0.29) is 24.3 Å². The third-order valence-corrected chi connectivity index (χ3v) is 5.22. The molecular formula is C20H34N5O3+. The van der Waals surface area contributed by atoms with Crippen molar-refractivity contribution in [3.63, 3.8) is 0 Å². The molecular weight excluding hydrogens is 358 g/mol. The number of morpholine rings is 1. The Morgan fingerprint density at radius 3 is 2.50 bits per heavy atom. The Kier molecular flexibility index (Phi) is 8.79. The van der Waals surface area contributed by atoms with Crippen LogP contribution in [0.25, 0.3) is 0 Å². The van der Waals surface area contributed by atoms with E-state index in [1.165, 1.54) is 11.1 Å². The molecule has 1 aliphatic heterocycles. The molecule has 1 aliphatic rings. The van der Waals surface area contributed by atoms with Gasteiger partial charge in [0.05, 0.1) is 38.2 Å². The van der Waals surface area contributed by atoms with E-state index in [1.807, 2.05) is 13.8 Å². The number of aromatic nitrogens is 2. The molecule has 0 saturated carbocycles. The highest BCUT2D eigenvalue weighted by Gasteiger charge is 2.22. The van der Waals surface area contributed by atoms with Gasteiger partial charge in [0, 0.05) is 25.2 Å². The number of nitrogens with zero attached hydrogens (tertiary/aromatic N) is 3. The predicted molar refractivity (Wildman–Crippen MR) is 106 cm³/mol. The van der Waals surface area contributed by atoms with Crippen molar-refractivity contribution in [1.82, 2.24) is 20.2 Å². The van der Waals surface area contributed by atoms with Gasteiger partial charge in [-0.3, -0.25) is 14.6 Å². The number of quaternary nitrogens is 1. The quantitative estimate of drug-likeness (QED) is 0.602. The summed E-state index contributed by atoms with van der Waals surface area (Å²) in [6.45, 7) is 13.1. The van der Waals surface area contributed by atoms with E-state index < -0.39 is 0 Å². The minimum atomic E-state index is -0.176. The van der Waals surface area contributed by atoms with Crippen molar-refractivity contribution < 1.29 is 19.2 Å². The topological polar surface area (TPSA) is 88.9 Å². The molecule has 0 aliphatic carbocycles. The summed E-state index contributed by atoms with van der Waals surface area (Å²) in [7, 11) is 0. The summed E-state index contributed by atoms with van der Waals surface area (Å²) in [4.78, 5) is 36.7. The molecule has 2 amide bonds. The molecule has 1 aromatic heterocycles. The number of hydrogen-bond acceptors (Lipinski definition) is 5. The molecule has 8 heteroatoms. The highest BCUT2D eigenvalue weighted by molar-refractivity contribution is 5.92. The van der Waals surface area contributed by atoms with Crippen molar-refractivity contribution in [3.05, 3.63) is 23.8 Å². The van der Waals surface area contributed by atoms with Crippen LogP contribution in [0.2, 0.25) is 0 Å². The SMILES string of the molecule is Cc1cnc(C(=O)N(CCC(=O)N[C@@H](C)C(C)C)CC[NH+]2CCOCC2)cn1. The molecule has 1 saturated heterocycles. The molecule has 156 valence electrons. The van der Waals surface area contributed by atoms with Crippen LogP contribution in [0.5, 0.6) is 0 Å². The first-order valence-electron chi connectivity index (χ1n) is 10.2. The number of carbonyl (C=O) groups excluding carboxylic acids is 2. The van der Waals surface area contributed by atoms with E-state index in [1.54, 1.807) is 11.1 Å². The van der Waals surface area contributed by atoms with Crippen LogP contribution in [0.1, 0.15) is 43.4 Å². The Morgan fingerprint density at radius 2 is 1.89 bits per heavy atom. The maximum Gasteiger partial charge on any atom is 0.274 e. The lowest BCUT2D eigenvalue weighted by Crippen LogP contribution is -3.14. The number of carbonyl (C=O) groups is 2. The molecule has 1 fully saturated rings. The number of aryl methyl sites for hydroxylation is 1. The molecule has 8 nitrogen and oxygen atoms in total. The largest absolute Gasteiger partial charge is 0.370 e. The van der Waals surface area contributed by atoms with E-state index in [9.17, 15) is 9.59 Å². The normalized spacial score (nSPS) is 16.0. The van der Waals surface area contributed by atoms with Crippen LogP contribution in [-0.4, -0.2) is 78.7 Å². The maximum atomic E-state index is 12.9. The average molecular weight is 393 g/mol. The van der Waals surface area contributed by atoms with Gasteiger partial charge in [0.15, 0.2) is 0 Å². The van der Waals surface area contributed by atoms with Gasteiger partial charge in [-0.25, -0.2) is 4.98 Å². The Morgan fingerprint density at radius 1 is 1.18 bits per heavy atom. The highest BCUT2D eigenvalue weighted by Crippen LogP contribution is 2.04. The lowest BCUT2D eigenvalue weighted by atomic mass is 10.1. The molecule has 0 spiro atoms. The van der Waals surface area contributed by atoms with Gasteiger partial charge < -0.3 is 19.9 Å². The fraction of sp³-hybridized carbons (Fsp3) is 0.700. The van der Waals surface area contributed by atoms with Crippen LogP contribution in [0.15, 0.2) is 12.4 Å². The lowest BCUT2D eigenvalue weighted by molar-refractivity contribution is -0.907. The molecule has 28 heavy (non-hydrogen) atoms. The zero-order valence-electron chi connectivity index (χ0n) is 17.5. The minimum absolute atomic E-state index is 0.0345. The summed E-state index contributed by atoms with van der Waals surface area (Å²) < 4.78 is 5.40. The number of amides is 2. The number of nitrogens with one attached hydrogen (secondary N) is 2. The standard InChI is InChI=1S/C20H33N5O3/c1-15(2)17(4)23-19(26)5-6-25(8-7-24-9-11-28-12-10-24)20(27)18-14-21-16(3)13-22-18/h13-15,17H,5-12H2,1-4H3,(H,23,26)/p+1/t17-/m0/s1. The first-order valence-corrected chi connectivity index (χ1v) is 10.2. The van der Waals surface area contributed by atoms with Gasteiger partial charge in [0.25, 0.3) is 5.91 Å². The molecule has 1 atom stereocenters. The van der Waals surface area contributed by atoms with Crippen molar-refractivity contribution >= 4 is 11.8 Å². The van der Waals surface area contributed by atoms with Gasteiger partial charge in [-0.2, -0.15) is 0 Å². The average Bonchev–Trinajstić information content (AvgIpc) is 2.68. The molecule has 2 rings (SSSR count). The van der Waals surface area contributed by atoms with Crippen molar-refractivity contribution in [2.45, 2.75) is 40.2 Å². The van der Waals surface area contributed by atoms with E-state index in [2.05, 4.69) is 29.1 Å². The Balaban J connectivity index is 1.97. The first-order chi connectivity index (χ1) is 13.4. The number of rotatable bonds is 9. The Bertz CT molecular complexity index is 629. The van der Waals surface area contributed by atoms with E-state index in [0.717, 1.165) is 38.5 Å². The molecule has 0 bridgehead atoms. The molecule has 0 radical (unpaired) electrons. The van der Waals surface area contributed by atoms with Gasteiger partial charge in [-0.1, -0.05) is 13.8 Å². The summed E-state index contributed by atoms with van der Waals surface area (Å²) in [5, 5.41) is 3.00. The second-order valence-corrected chi connectivity index (χ2v) is 7.80. The monoisotopic (exact) mass is 392 g/mol. The fourth-order valence-corrected chi connectivity index (χ4v) is 2.91. The van der Waals surface area contributed by atoms with Crippen molar-refractivity contribution in [1.29, 1.82) is 0 Å². The van der Waals surface area contributed by atoms with Gasteiger partial charge in [-0.15, -0.1) is 0 Å². The lowest BCUT2D eigenvalue weighted by Gasteiger charge is -2.28. The highest BCUT2D eigenvalue weighted by atomic mass is 16.5. The molecule has 0 aromatic carbocycles. The zero-order valence-corrected chi connectivity index (χ0v) is 17.5. The first kappa shape index (κ1) is 22.2. The van der Waals surface area contributed by atoms with Crippen LogP contribution in [0.3, 0.4) is 0 Å². The third kappa shape index (κ3) is 7.16. The van der Waals surface area contributed by atoms with Gasteiger partial charge in [0.2, 0.25) is 5.91 Å². The van der Waals surface area contributed by atoms with Crippen molar-refractivity contribution in [3.8, 4) is 0 Å². The molecule has 2 N–H and O–H groups in total. The van der Waals surface area contributed by atoms with Gasteiger partial charge in [-0.05, 0) is 19.8 Å². The van der Waals surface area contributed by atoms with Crippen LogP contribution in [0, 0.1) is 12.8 Å².